The molecule has 1 N–H and O–H groups in total. The Morgan fingerprint density at radius 2 is 1.60 bits per heavy atom. The molecule has 140 valence electrons. The van der Waals surface area contributed by atoms with E-state index in [1.807, 2.05) is 4.90 Å². The van der Waals surface area contributed by atoms with Crippen molar-refractivity contribution in [1.29, 1.82) is 0 Å². The molecule has 4 heteroatoms. The summed E-state index contributed by atoms with van der Waals surface area (Å²) >= 11 is 0. The molecular weight excluding hydrogens is 310 g/mol. The van der Waals surface area contributed by atoms with E-state index < -0.39 is 0 Å². The third-order valence-corrected chi connectivity index (χ3v) is 5.19. The monoisotopic (exact) mass is 345 g/mol. The number of likely N-dealkylation sites (N-methyl/N-ethyl adjacent to an activating group) is 1. The van der Waals surface area contributed by atoms with Gasteiger partial charge in [-0.25, -0.2) is 0 Å². The Kier molecular flexibility index (Phi) is 7.30. The number of carbonyl (C=O) groups is 1. The summed E-state index contributed by atoms with van der Waals surface area (Å²) in [6, 6.07) is 6.55. The zero-order valence-corrected chi connectivity index (χ0v) is 16.6. The van der Waals surface area contributed by atoms with Crippen LogP contribution in [0.2, 0.25) is 0 Å². The number of hydrogen-bond acceptors (Lipinski definition) is 3. The highest BCUT2D eigenvalue weighted by molar-refractivity contribution is 5.77. The van der Waals surface area contributed by atoms with E-state index in [1.165, 1.54) is 16.8 Å². The van der Waals surface area contributed by atoms with Gasteiger partial charge in [-0.15, -0.1) is 0 Å². The van der Waals surface area contributed by atoms with E-state index in [0.29, 0.717) is 24.8 Å². The first-order valence-electron chi connectivity index (χ1n) is 9.80. The molecule has 0 aromatic heterocycles. The SMILES string of the molecule is CCN1CCN(C(=O)CCNc2c(C(C)C)cccc2C(C)C)CC1. The van der Waals surface area contributed by atoms with Crippen molar-refractivity contribution in [3.8, 4) is 0 Å². The fourth-order valence-corrected chi connectivity index (χ4v) is 3.52. The topological polar surface area (TPSA) is 35.6 Å². The van der Waals surface area contributed by atoms with Crippen molar-refractivity contribution in [2.45, 2.75) is 52.9 Å². The summed E-state index contributed by atoms with van der Waals surface area (Å²) < 4.78 is 0. The van der Waals surface area contributed by atoms with Gasteiger partial charge in [0.2, 0.25) is 5.91 Å². The first kappa shape index (κ1) is 19.8. The van der Waals surface area contributed by atoms with E-state index in [2.05, 4.69) is 63.0 Å². The number of para-hydroxylation sites is 1. The smallest absolute Gasteiger partial charge is 0.224 e. The molecule has 1 saturated heterocycles. The summed E-state index contributed by atoms with van der Waals surface area (Å²) in [6.07, 6.45) is 0.566. The molecule has 1 aromatic carbocycles. The molecule has 1 aliphatic heterocycles. The molecule has 0 saturated carbocycles. The van der Waals surface area contributed by atoms with Crippen LogP contribution < -0.4 is 5.32 Å². The second-order valence-electron chi connectivity index (χ2n) is 7.61. The molecule has 2 rings (SSSR count). The van der Waals surface area contributed by atoms with Crippen LogP contribution in [0.1, 0.15) is 64.0 Å². The van der Waals surface area contributed by atoms with Crippen LogP contribution in [0.5, 0.6) is 0 Å². The molecule has 0 unspecified atom stereocenters. The van der Waals surface area contributed by atoms with E-state index in [-0.39, 0.29) is 5.91 Å². The van der Waals surface area contributed by atoms with Crippen molar-refractivity contribution >= 4 is 11.6 Å². The molecule has 0 atom stereocenters. The highest BCUT2D eigenvalue weighted by atomic mass is 16.2. The Morgan fingerprint density at radius 3 is 2.08 bits per heavy atom. The third kappa shape index (κ3) is 5.21. The van der Waals surface area contributed by atoms with Gasteiger partial charge >= 0.3 is 0 Å². The lowest BCUT2D eigenvalue weighted by atomic mass is 9.92. The van der Waals surface area contributed by atoms with Crippen LogP contribution in [0.4, 0.5) is 5.69 Å². The number of nitrogens with zero attached hydrogens (tertiary/aromatic N) is 2. The molecule has 25 heavy (non-hydrogen) atoms. The number of nitrogens with one attached hydrogen (secondary N) is 1. The van der Waals surface area contributed by atoms with E-state index in [1.54, 1.807) is 0 Å². The van der Waals surface area contributed by atoms with Crippen LogP contribution in [0.3, 0.4) is 0 Å². The number of amides is 1. The third-order valence-electron chi connectivity index (χ3n) is 5.19. The average Bonchev–Trinajstić information content (AvgIpc) is 2.61. The predicted octanol–water partition coefficient (Wildman–Crippen LogP) is 3.90. The van der Waals surface area contributed by atoms with Gasteiger partial charge in [0.1, 0.15) is 0 Å². The maximum atomic E-state index is 12.5. The van der Waals surface area contributed by atoms with Crippen LogP contribution >= 0.6 is 0 Å². The first-order valence-corrected chi connectivity index (χ1v) is 9.80. The maximum Gasteiger partial charge on any atom is 0.224 e. The fourth-order valence-electron chi connectivity index (χ4n) is 3.52. The van der Waals surface area contributed by atoms with Crippen molar-refractivity contribution in [3.63, 3.8) is 0 Å². The Labute approximate surface area is 153 Å². The number of rotatable bonds is 7. The van der Waals surface area contributed by atoms with E-state index in [9.17, 15) is 4.79 Å². The summed E-state index contributed by atoms with van der Waals surface area (Å²) in [5.74, 6) is 1.22. The summed E-state index contributed by atoms with van der Waals surface area (Å²) in [5.41, 5.74) is 3.92. The minimum atomic E-state index is 0.274. The van der Waals surface area contributed by atoms with Gasteiger partial charge in [-0.1, -0.05) is 52.8 Å². The van der Waals surface area contributed by atoms with Crippen LogP contribution in [0.15, 0.2) is 18.2 Å². The van der Waals surface area contributed by atoms with Gasteiger partial charge in [0, 0.05) is 44.8 Å². The Morgan fingerprint density at radius 1 is 1.04 bits per heavy atom. The van der Waals surface area contributed by atoms with Crippen LogP contribution in [-0.4, -0.2) is 55.0 Å². The quantitative estimate of drug-likeness (QED) is 0.814. The summed E-state index contributed by atoms with van der Waals surface area (Å²) in [7, 11) is 0. The molecular formula is C21H35N3O. The van der Waals surface area contributed by atoms with Gasteiger partial charge in [-0.05, 0) is 29.5 Å². The Bertz CT molecular complexity index is 534. The number of benzene rings is 1. The second kappa shape index (κ2) is 9.23. The number of piperazine rings is 1. The zero-order chi connectivity index (χ0) is 18.4. The molecule has 1 aliphatic rings. The largest absolute Gasteiger partial charge is 0.384 e. The average molecular weight is 346 g/mol. The number of hydrogen-bond donors (Lipinski definition) is 1. The highest BCUT2D eigenvalue weighted by Gasteiger charge is 2.20. The fraction of sp³-hybridized carbons (Fsp3) is 0.667. The van der Waals surface area contributed by atoms with Gasteiger partial charge in [0.05, 0.1) is 0 Å². The van der Waals surface area contributed by atoms with Gasteiger partial charge in [-0.2, -0.15) is 0 Å². The van der Waals surface area contributed by atoms with Crippen molar-refractivity contribution in [3.05, 3.63) is 29.3 Å². The normalized spacial score (nSPS) is 15.9. The summed E-state index contributed by atoms with van der Waals surface area (Å²) in [5, 5.41) is 3.58. The van der Waals surface area contributed by atoms with Crippen LogP contribution in [0, 0.1) is 0 Å². The lowest BCUT2D eigenvalue weighted by Crippen LogP contribution is -2.48. The van der Waals surface area contributed by atoms with Crippen molar-refractivity contribution in [1.82, 2.24) is 9.80 Å². The Balaban J connectivity index is 1.94. The molecule has 0 spiro atoms. The van der Waals surface area contributed by atoms with Crippen molar-refractivity contribution in [2.24, 2.45) is 0 Å². The van der Waals surface area contributed by atoms with Crippen molar-refractivity contribution < 1.29 is 4.79 Å². The minimum absolute atomic E-state index is 0.274. The number of carbonyl (C=O) groups excluding carboxylic acids is 1. The standard InChI is InChI=1S/C21H35N3O/c1-6-23-12-14-24(15-13-23)20(25)10-11-22-21-18(16(2)3)8-7-9-19(21)17(4)5/h7-9,16-17,22H,6,10-15H2,1-5H3. The Hall–Kier alpha value is -1.55. The lowest BCUT2D eigenvalue weighted by molar-refractivity contribution is -0.132. The van der Waals surface area contributed by atoms with Gasteiger partial charge < -0.3 is 15.1 Å². The minimum Gasteiger partial charge on any atom is -0.384 e. The van der Waals surface area contributed by atoms with Gasteiger partial charge in [-0.3, -0.25) is 4.79 Å². The maximum absolute atomic E-state index is 12.5. The van der Waals surface area contributed by atoms with Crippen LogP contribution in [-0.2, 0) is 4.79 Å². The molecule has 0 bridgehead atoms. The molecule has 1 amide bonds. The van der Waals surface area contributed by atoms with E-state index in [4.69, 9.17) is 0 Å². The van der Waals surface area contributed by atoms with Crippen LogP contribution in [0.25, 0.3) is 0 Å². The molecule has 0 aliphatic carbocycles. The van der Waals surface area contributed by atoms with Gasteiger partial charge in [0.25, 0.3) is 0 Å². The molecule has 1 aromatic rings. The van der Waals surface area contributed by atoms with E-state index >= 15 is 0 Å². The first-order chi connectivity index (χ1) is 11.9. The van der Waals surface area contributed by atoms with Gasteiger partial charge in [0.15, 0.2) is 0 Å². The van der Waals surface area contributed by atoms with E-state index in [0.717, 1.165) is 32.7 Å². The lowest BCUT2D eigenvalue weighted by Gasteiger charge is -2.34. The molecule has 1 heterocycles. The zero-order valence-electron chi connectivity index (χ0n) is 16.6. The summed E-state index contributed by atoms with van der Waals surface area (Å²) in [4.78, 5) is 16.9. The summed E-state index contributed by atoms with van der Waals surface area (Å²) in [6.45, 7) is 16.6. The molecule has 4 nitrogen and oxygen atoms in total. The second-order valence-corrected chi connectivity index (χ2v) is 7.61. The number of anilines is 1. The molecule has 0 radical (unpaired) electrons. The predicted molar refractivity (Wildman–Crippen MR) is 106 cm³/mol. The highest BCUT2D eigenvalue weighted by Crippen LogP contribution is 2.32. The van der Waals surface area contributed by atoms with Crippen molar-refractivity contribution in [2.75, 3.05) is 44.6 Å². The molecule has 1 fully saturated rings.